The third kappa shape index (κ3) is 5.91. The molecule has 132 valence electrons. The number of hydrogen-bond acceptors (Lipinski definition) is 5. The number of nitrogens with one attached hydrogen (secondary N) is 1. The van der Waals surface area contributed by atoms with E-state index in [1.54, 1.807) is 26.0 Å². The van der Waals surface area contributed by atoms with Gasteiger partial charge in [-0.15, -0.1) is 0 Å². The van der Waals surface area contributed by atoms with E-state index in [1.165, 1.54) is 13.8 Å². The van der Waals surface area contributed by atoms with Crippen LogP contribution < -0.4 is 5.32 Å². The second kappa shape index (κ2) is 8.33. The number of benzene rings is 1. The highest BCUT2D eigenvalue weighted by Gasteiger charge is 2.36. The number of esters is 1. The van der Waals surface area contributed by atoms with Crippen molar-refractivity contribution >= 4 is 18.0 Å². The van der Waals surface area contributed by atoms with E-state index in [2.05, 4.69) is 5.32 Å². The number of amides is 1. The maximum Gasteiger partial charge on any atom is 0.408 e. The van der Waals surface area contributed by atoms with Crippen molar-refractivity contribution in [1.82, 2.24) is 5.32 Å². The van der Waals surface area contributed by atoms with E-state index >= 15 is 0 Å². The van der Waals surface area contributed by atoms with Gasteiger partial charge in [-0.05, 0) is 25.3 Å². The molecule has 0 spiro atoms. The maximum absolute atomic E-state index is 12.2. The van der Waals surface area contributed by atoms with Crippen molar-refractivity contribution < 1.29 is 29.0 Å². The highest BCUT2D eigenvalue weighted by molar-refractivity contribution is 5.85. The molecule has 1 rings (SSSR count). The van der Waals surface area contributed by atoms with Gasteiger partial charge in [-0.2, -0.15) is 0 Å². The first-order chi connectivity index (χ1) is 11.1. The normalized spacial score (nSPS) is 12.4. The van der Waals surface area contributed by atoms with E-state index in [0.717, 1.165) is 5.56 Å². The van der Waals surface area contributed by atoms with Gasteiger partial charge in [0.2, 0.25) is 5.60 Å². The number of carboxylic acids is 1. The molecule has 24 heavy (non-hydrogen) atoms. The first-order valence-corrected chi connectivity index (χ1v) is 7.57. The second-order valence-corrected chi connectivity index (χ2v) is 6.16. The Hall–Kier alpha value is -2.57. The topological polar surface area (TPSA) is 102 Å². The summed E-state index contributed by atoms with van der Waals surface area (Å²) >= 11 is 0. The Balaban J connectivity index is 2.63. The van der Waals surface area contributed by atoms with Crippen molar-refractivity contribution in [2.45, 2.75) is 45.9 Å². The average molecular weight is 337 g/mol. The minimum absolute atomic E-state index is 0.0627. The molecule has 0 aliphatic carbocycles. The average Bonchev–Trinajstić information content (AvgIpc) is 2.50. The third-order valence-corrected chi connectivity index (χ3v) is 3.28. The van der Waals surface area contributed by atoms with Crippen LogP contribution >= 0.6 is 0 Å². The summed E-state index contributed by atoms with van der Waals surface area (Å²) in [6, 6.07) is 8.08. The lowest BCUT2D eigenvalue weighted by atomic mass is 10.0. The summed E-state index contributed by atoms with van der Waals surface area (Å²) in [4.78, 5) is 35.1. The van der Waals surface area contributed by atoms with E-state index in [1.807, 2.05) is 18.2 Å². The van der Waals surface area contributed by atoms with Crippen molar-refractivity contribution in [3.05, 3.63) is 35.9 Å². The summed E-state index contributed by atoms with van der Waals surface area (Å²) in [5.74, 6) is -2.40. The summed E-state index contributed by atoms with van der Waals surface area (Å²) in [5.41, 5.74) is -0.872. The Morgan fingerprint density at radius 1 is 1.17 bits per heavy atom. The fourth-order valence-electron chi connectivity index (χ4n) is 1.75. The quantitative estimate of drug-likeness (QED) is 0.741. The molecular formula is C17H23NO6. The fraction of sp³-hybridized carbons (Fsp3) is 0.471. The summed E-state index contributed by atoms with van der Waals surface area (Å²) in [6.45, 7) is 6.00. The Bertz CT molecular complexity index is 582. The lowest BCUT2D eigenvalue weighted by Gasteiger charge is -2.26. The van der Waals surface area contributed by atoms with Crippen LogP contribution in [-0.4, -0.2) is 34.8 Å². The summed E-state index contributed by atoms with van der Waals surface area (Å²) in [5, 5.41) is 11.4. The van der Waals surface area contributed by atoms with E-state index in [0.29, 0.717) is 0 Å². The largest absolute Gasteiger partial charge is 0.478 e. The first-order valence-electron chi connectivity index (χ1n) is 7.57. The van der Waals surface area contributed by atoms with Gasteiger partial charge in [0.1, 0.15) is 12.6 Å². The van der Waals surface area contributed by atoms with Crippen LogP contribution in [0.15, 0.2) is 30.3 Å². The van der Waals surface area contributed by atoms with Gasteiger partial charge in [0, 0.05) is 0 Å². The number of carbonyl (C=O) groups excluding carboxylic acids is 2. The predicted molar refractivity (Wildman–Crippen MR) is 86.2 cm³/mol. The van der Waals surface area contributed by atoms with Crippen LogP contribution in [0.4, 0.5) is 4.79 Å². The van der Waals surface area contributed by atoms with Crippen LogP contribution in [0, 0.1) is 5.92 Å². The minimum atomic E-state index is -1.68. The van der Waals surface area contributed by atoms with Gasteiger partial charge in [0.25, 0.3) is 0 Å². The molecule has 0 unspecified atom stereocenters. The maximum atomic E-state index is 12.2. The van der Waals surface area contributed by atoms with Gasteiger partial charge in [-0.3, -0.25) is 0 Å². The molecule has 2 N–H and O–H groups in total. The molecule has 0 bridgehead atoms. The molecule has 7 nitrogen and oxygen atoms in total. The van der Waals surface area contributed by atoms with Crippen molar-refractivity contribution in [2.75, 3.05) is 0 Å². The van der Waals surface area contributed by atoms with Crippen molar-refractivity contribution in [2.24, 2.45) is 5.92 Å². The molecule has 1 amide bonds. The molecule has 1 aromatic rings. The van der Waals surface area contributed by atoms with Gasteiger partial charge in [0.15, 0.2) is 0 Å². The zero-order valence-corrected chi connectivity index (χ0v) is 14.2. The zero-order valence-electron chi connectivity index (χ0n) is 14.2. The molecule has 0 saturated heterocycles. The van der Waals surface area contributed by atoms with Crippen LogP contribution in [0.5, 0.6) is 0 Å². The highest BCUT2D eigenvalue weighted by atomic mass is 16.6. The fourth-order valence-corrected chi connectivity index (χ4v) is 1.75. The van der Waals surface area contributed by atoms with Crippen molar-refractivity contribution in [1.29, 1.82) is 0 Å². The van der Waals surface area contributed by atoms with Gasteiger partial charge in [-0.25, -0.2) is 14.4 Å². The van der Waals surface area contributed by atoms with E-state index < -0.39 is 29.7 Å². The van der Waals surface area contributed by atoms with Crippen molar-refractivity contribution in [3.63, 3.8) is 0 Å². The molecule has 0 aliphatic rings. The van der Waals surface area contributed by atoms with Gasteiger partial charge in [0.05, 0.1) is 0 Å². The Morgan fingerprint density at radius 3 is 2.25 bits per heavy atom. The van der Waals surface area contributed by atoms with Crippen LogP contribution in [0.25, 0.3) is 0 Å². The lowest BCUT2D eigenvalue weighted by molar-refractivity contribution is -0.176. The zero-order chi connectivity index (χ0) is 18.3. The molecule has 0 aliphatic heterocycles. The van der Waals surface area contributed by atoms with Gasteiger partial charge < -0.3 is 19.9 Å². The Morgan fingerprint density at radius 2 is 1.75 bits per heavy atom. The number of alkyl carbamates (subject to hydrolysis) is 1. The molecule has 0 fully saturated rings. The monoisotopic (exact) mass is 337 g/mol. The SMILES string of the molecule is CC(C)[C@H](NC(=O)OCc1ccccc1)C(=O)OC(C)(C)C(=O)O. The molecule has 0 heterocycles. The van der Waals surface area contributed by atoms with E-state index in [-0.39, 0.29) is 12.5 Å². The molecule has 1 atom stereocenters. The molecule has 1 aromatic carbocycles. The van der Waals surface area contributed by atoms with Gasteiger partial charge in [-0.1, -0.05) is 44.2 Å². The van der Waals surface area contributed by atoms with Crippen LogP contribution in [0.2, 0.25) is 0 Å². The predicted octanol–water partition coefficient (Wildman–Crippen LogP) is 2.34. The Kier molecular flexibility index (Phi) is 6.76. The number of ether oxygens (including phenoxy) is 2. The summed E-state index contributed by atoms with van der Waals surface area (Å²) in [6.07, 6.45) is -0.775. The molecule has 0 saturated carbocycles. The van der Waals surface area contributed by atoms with Crippen molar-refractivity contribution in [3.8, 4) is 0 Å². The second-order valence-electron chi connectivity index (χ2n) is 6.16. The van der Waals surface area contributed by atoms with Crippen LogP contribution in [-0.2, 0) is 25.7 Å². The standard InChI is InChI=1S/C17H23NO6/c1-11(2)13(14(19)24-17(3,4)15(20)21)18-16(22)23-10-12-8-6-5-7-9-12/h5-9,11,13H,10H2,1-4H3,(H,18,22)(H,20,21)/t13-/m0/s1. The molecule has 0 aromatic heterocycles. The van der Waals surface area contributed by atoms with Crippen LogP contribution in [0.1, 0.15) is 33.3 Å². The van der Waals surface area contributed by atoms with Crippen LogP contribution in [0.3, 0.4) is 0 Å². The number of hydrogen-bond donors (Lipinski definition) is 2. The Labute approximate surface area is 141 Å². The summed E-state index contributed by atoms with van der Waals surface area (Å²) < 4.78 is 10.0. The van der Waals surface area contributed by atoms with E-state index in [9.17, 15) is 14.4 Å². The number of aliphatic carboxylic acids is 1. The van der Waals surface area contributed by atoms with Gasteiger partial charge >= 0.3 is 18.0 Å². The molecule has 0 radical (unpaired) electrons. The number of carboxylic acid groups (broad SMARTS) is 1. The molecular weight excluding hydrogens is 314 g/mol. The number of carbonyl (C=O) groups is 3. The third-order valence-electron chi connectivity index (χ3n) is 3.28. The first kappa shape index (κ1) is 19.5. The number of rotatable bonds is 7. The molecule has 7 heteroatoms. The minimum Gasteiger partial charge on any atom is -0.478 e. The van der Waals surface area contributed by atoms with E-state index in [4.69, 9.17) is 14.6 Å². The summed E-state index contributed by atoms with van der Waals surface area (Å²) in [7, 11) is 0. The smallest absolute Gasteiger partial charge is 0.408 e. The lowest BCUT2D eigenvalue weighted by Crippen LogP contribution is -2.49. The highest BCUT2D eigenvalue weighted by Crippen LogP contribution is 2.14.